The predicted octanol–water partition coefficient (Wildman–Crippen LogP) is 5.54. The normalized spacial score (nSPS) is 17.2. The van der Waals surface area contributed by atoms with Gasteiger partial charge in [-0.2, -0.15) is 0 Å². The number of hydrogen-bond acceptors (Lipinski definition) is 9. The molecule has 0 unspecified atom stereocenters. The molecule has 1 fully saturated rings. The van der Waals surface area contributed by atoms with Gasteiger partial charge in [0.25, 0.3) is 10.0 Å². The fourth-order valence-corrected chi connectivity index (χ4v) is 7.50. The van der Waals surface area contributed by atoms with Crippen LogP contribution in [0.5, 0.6) is 5.75 Å². The smallest absolute Gasteiger partial charge is 0.265 e. The molecule has 0 aliphatic carbocycles. The number of likely N-dealkylation sites (tertiary alicyclic amines) is 1. The Hall–Kier alpha value is -3.62. The lowest BCUT2D eigenvalue weighted by Crippen LogP contribution is -2.40. The number of nitrogens with zero attached hydrogens (tertiary/aromatic N) is 3. The summed E-state index contributed by atoms with van der Waals surface area (Å²) in [5, 5.41) is 14.2. The van der Waals surface area contributed by atoms with Crippen molar-refractivity contribution in [2.24, 2.45) is 0 Å². The molecule has 6 rings (SSSR count). The third-order valence-corrected chi connectivity index (χ3v) is 9.97. The molecular formula is C32H34ClF2N5O5S. The maximum atomic E-state index is 16.0. The number of nitrogens with one attached hydrogen (secondary N) is 2. The zero-order valence-corrected chi connectivity index (χ0v) is 26.9. The molecule has 0 saturated carbocycles. The number of aromatic nitrogens is 2. The average Bonchev–Trinajstić information content (AvgIpc) is 3.41. The van der Waals surface area contributed by atoms with E-state index in [0.717, 1.165) is 56.2 Å². The summed E-state index contributed by atoms with van der Waals surface area (Å²) in [5.74, 6) is -1.55. The minimum Gasteiger partial charge on any atom is -0.489 e. The summed E-state index contributed by atoms with van der Waals surface area (Å²) >= 11 is 6.11. The van der Waals surface area contributed by atoms with Crippen LogP contribution in [-0.4, -0.2) is 74.4 Å². The van der Waals surface area contributed by atoms with Gasteiger partial charge < -0.3 is 24.8 Å². The third kappa shape index (κ3) is 6.47. The van der Waals surface area contributed by atoms with Gasteiger partial charge in [-0.15, -0.1) is 0 Å². The Kier molecular flexibility index (Phi) is 9.31. The van der Waals surface area contributed by atoms with Crippen LogP contribution in [0.2, 0.25) is 5.02 Å². The summed E-state index contributed by atoms with van der Waals surface area (Å²) in [7, 11) is -2.76. The van der Waals surface area contributed by atoms with Crippen LogP contribution >= 0.6 is 11.6 Å². The Labute approximate surface area is 270 Å². The van der Waals surface area contributed by atoms with Crippen molar-refractivity contribution in [2.75, 3.05) is 50.0 Å². The van der Waals surface area contributed by atoms with Crippen molar-refractivity contribution in [3.05, 3.63) is 70.4 Å². The number of piperidine rings is 1. The zero-order chi connectivity index (χ0) is 32.6. The topological polar surface area (TPSA) is 126 Å². The van der Waals surface area contributed by atoms with Crippen molar-refractivity contribution in [3.63, 3.8) is 0 Å². The molecule has 1 saturated heterocycles. The first-order valence-electron chi connectivity index (χ1n) is 15.0. The number of hydrogen-bond donors (Lipinski definition) is 3. The van der Waals surface area contributed by atoms with Gasteiger partial charge in [-0.3, -0.25) is 4.72 Å². The number of sulfonamides is 1. The van der Waals surface area contributed by atoms with Crippen LogP contribution in [0.15, 0.2) is 47.5 Å². The highest BCUT2D eigenvalue weighted by molar-refractivity contribution is 7.92. The first kappa shape index (κ1) is 32.3. The van der Waals surface area contributed by atoms with Gasteiger partial charge in [0, 0.05) is 55.0 Å². The second-order valence-electron chi connectivity index (χ2n) is 11.4. The number of rotatable bonds is 10. The number of fused-ring (bicyclic) bond motifs is 2. The Bertz CT molecular complexity index is 1890. The predicted molar refractivity (Wildman–Crippen MR) is 172 cm³/mol. The first-order chi connectivity index (χ1) is 22.1. The molecule has 244 valence electrons. The van der Waals surface area contributed by atoms with E-state index in [9.17, 15) is 13.5 Å². The van der Waals surface area contributed by atoms with E-state index >= 15 is 8.78 Å². The number of aryl methyl sites for hydroxylation is 1. The van der Waals surface area contributed by atoms with Gasteiger partial charge in [-0.05, 0) is 66.8 Å². The Morgan fingerprint density at radius 1 is 1.17 bits per heavy atom. The van der Waals surface area contributed by atoms with E-state index in [2.05, 4.69) is 19.9 Å². The van der Waals surface area contributed by atoms with Crippen LogP contribution in [0.3, 0.4) is 0 Å². The molecule has 0 spiro atoms. The van der Waals surface area contributed by atoms with Gasteiger partial charge in [-0.1, -0.05) is 18.5 Å². The summed E-state index contributed by atoms with van der Waals surface area (Å²) in [6, 6.07) is 8.04. The molecule has 2 aliphatic heterocycles. The number of methoxy groups -OCH3 is 1. The van der Waals surface area contributed by atoms with Crippen LogP contribution in [-0.2, 0) is 21.2 Å². The standard InChI is InChI=1S/C32H34ClF2N5O5S/c1-3-18-12-19(13-20-16-36-32(38-30(18)20)37-22-6-8-40(9-7-22)10-11-44-2)28-24(34)4-5-25(29(28)35)39-46(42,43)27-15-21(33)14-23-26(41)17-45-31(23)27/h4-5,12-16,22,26,39,41H,3,6-11,17H2,1-2H3,(H,36,37,38)/t26-/m1/s1. The minimum atomic E-state index is -4.46. The van der Waals surface area contributed by atoms with Crippen molar-refractivity contribution in [2.45, 2.75) is 43.2 Å². The van der Waals surface area contributed by atoms with Gasteiger partial charge in [0.1, 0.15) is 29.2 Å². The average molecular weight is 674 g/mol. The molecule has 1 aromatic heterocycles. The highest BCUT2D eigenvalue weighted by atomic mass is 35.5. The monoisotopic (exact) mass is 673 g/mol. The van der Waals surface area contributed by atoms with E-state index in [4.69, 9.17) is 26.1 Å². The maximum Gasteiger partial charge on any atom is 0.265 e. The lowest BCUT2D eigenvalue weighted by molar-refractivity contribution is 0.132. The largest absolute Gasteiger partial charge is 0.489 e. The second-order valence-corrected chi connectivity index (χ2v) is 13.5. The molecule has 0 radical (unpaired) electrons. The quantitative estimate of drug-likeness (QED) is 0.199. The number of aliphatic hydroxyl groups excluding tert-OH is 1. The fourth-order valence-electron chi connectivity index (χ4n) is 5.94. The molecule has 10 nitrogen and oxygen atoms in total. The Morgan fingerprint density at radius 2 is 1.96 bits per heavy atom. The zero-order valence-electron chi connectivity index (χ0n) is 25.3. The molecule has 3 aromatic carbocycles. The number of ether oxygens (including phenoxy) is 2. The second kappa shape index (κ2) is 13.2. The SMILES string of the molecule is CCc1cc(-c2c(F)ccc(NS(=O)(=O)c3cc(Cl)cc4c3OC[C@H]4O)c2F)cc2cnc(NC3CCN(CCOC)CC3)nc12. The molecule has 0 bridgehead atoms. The number of aliphatic hydroxyl groups is 1. The Morgan fingerprint density at radius 3 is 2.70 bits per heavy atom. The van der Waals surface area contributed by atoms with Crippen molar-refractivity contribution in [1.29, 1.82) is 0 Å². The molecule has 3 heterocycles. The van der Waals surface area contributed by atoms with E-state index in [1.54, 1.807) is 25.4 Å². The van der Waals surface area contributed by atoms with Crippen molar-refractivity contribution in [3.8, 4) is 16.9 Å². The van der Waals surface area contributed by atoms with E-state index in [1.165, 1.54) is 6.07 Å². The van der Waals surface area contributed by atoms with Crippen LogP contribution < -0.4 is 14.8 Å². The van der Waals surface area contributed by atoms with Crippen LogP contribution in [0.4, 0.5) is 20.4 Å². The molecule has 14 heteroatoms. The van der Waals surface area contributed by atoms with Crippen molar-refractivity contribution >= 4 is 44.2 Å². The van der Waals surface area contributed by atoms with Crippen LogP contribution in [0.25, 0.3) is 22.0 Å². The molecule has 1 atom stereocenters. The number of halogens is 3. The van der Waals surface area contributed by atoms with E-state index in [-0.39, 0.29) is 39.4 Å². The molecular weight excluding hydrogens is 640 g/mol. The van der Waals surface area contributed by atoms with E-state index in [1.807, 2.05) is 6.92 Å². The molecule has 46 heavy (non-hydrogen) atoms. The summed E-state index contributed by atoms with van der Waals surface area (Å²) in [6.07, 6.45) is 2.98. The summed E-state index contributed by atoms with van der Waals surface area (Å²) in [5.41, 5.74) is 0.968. The van der Waals surface area contributed by atoms with Gasteiger partial charge >= 0.3 is 0 Å². The molecule has 0 amide bonds. The summed E-state index contributed by atoms with van der Waals surface area (Å²) < 4.78 is 70.9. The number of anilines is 2. The summed E-state index contributed by atoms with van der Waals surface area (Å²) in [4.78, 5) is 11.2. The van der Waals surface area contributed by atoms with Crippen molar-refractivity contribution < 1.29 is 31.8 Å². The van der Waals surface area contributed by atoms with E-state index < -0.39 is 39.0 Å². The lowest BCUT2D eigenvalue weighted by atomic mass is 9.97. The van der Waals surface area contributed by atoms with Gasteiger partial charge in [-0.25, -0.2) is 27.2 Å². The lowest BCUT2D eigenvalue weighted by Gasteiger charge is -2.32. The molecule has 3 N–H and O–H groups in total. The summed E-state index contributed by atoms with van der Waals surface area (Å²) in [6.45, 7) is 5.27. The van der Waals surface area contributed by atoms with Gasteiger partial charge in [0.2, 0.25) is 5.95 Å². The number of benzene rings is 3. The van der Waals surface area contributed by atoms with Crippen LogP contribution in [0, 0.1) is 11.6 Å². The fraction of sp³-hybridized carbons (Fsp3) is 0.375. The van der Waals surface area contributed by atoms with Crippen LogP contribution in [0.1, 0.15) is 37.0 Å². The maximum absolute atomic E-state index is 16.0. The van der Waals surface area contributed by atoms with Gasteiger partial charge in [0.15, 0.2) is 5.82 Å². The highest BCUT2D eigenvalue weighted by Crippen LogP contribution is 2.41. The highest BCUT2D eigenvalue weighted by Gasteiger charge is 2.32. The van der Waals surface area contributed by atoms with E-state index in [0.29, 0.717) is 29.9 Å². The minimum absolute atomic E-state index is 0.0520. The Balaban J connectivity index is 1.28. The first-order valence-corrected chi connectivity index (χ1v) is 16.9. The molecule has 4 aromatic rings. The van der Waals surface area contributed by atoms with Gasteiger partial charge in [0.05, 0.1) is 23.4 Å². The third-order valence-electron chi connectivity index (χ3n) is 8.38. The van der Waals surface area contributed by atoms with Crippen molar-refractivity contribution in [1.82, 2.24) is 14.9 Å². The molecule has 2 aliphatic rings.